The molecule has 0 heterocycles. The number of methoxy groups -OCH3 is 1. The van der Waals surface area contributed by atoms with Gasteiger partial charge in [-0.3, -0.25) is 0 Å². The van der Waals surface area contributed by atoms with Crippen molar-refractivity contribution in [3.05, 3.63) is 28.8 Å². The van der Waals surface area contributed by atoms with Gasteiger partial charge in [-0.05, 0) is 17.7 Å². The molecule has 2 unspecified atom stereocenters. The van der Waals surface area contributed by atoms with Gasteiger partial charge >= 0.3 is 0 Å². The van der Waals surface area contributed by atoms with Crippen LogP contribution in [0.5, 0.6) is 5.75 Å². The smallest absolute Gasteiger partial charge is 0.137 e. The summed E-state index contributed by atoms with van der Waals surface area (Å²) in [6, 6.07) is 4.28. The first kappa shape index (κ1) is 12.3. The summed E-state index contributed by atoms with van der Waals surface area (Å²) in [5, 5.41) is 9.36. The van der Waals surface area contributed by atoms with Gasteiger partial charge in [0.15, 0.2) is 0 Å². The molecule has 5 N–H and O–H groups in total. The lowest BCUT2D eigenvalue weighted by Crippen LogP contribution is -2.37. The summed E-state index contributed by atoms with van der Waals surface area (Å²) in [5.74, 6) is 0.588. The first-order valence-corrected chi connectivity index (χ1v) is 4.93. The van der Waals surface area contributed by atoms with Crippen LogP contribution in [0.25, 0.3) is 0 Å². The minimum Gasteiger partial charge on any atom is -0.495 e. The highest BCUT2D eigenvalue weighted by atomic mass is 35.5. The van der Waals surface area contributed by atoms with Crippen LogP contribution in [0.2, 0.25) is 5.02 Å². The van der Waals surface area contributed by atoms with Crippen LogP contribution in [0.1, 0.15) is 11.6 Å². The minimum absolute atomic E-state index is 0.162. The van der Waals surface area contributed by atoms with Crippen molar-refractivity contribution in [2.75, 3.05) is 13.7 Å². The van der Waals surface area contributed by atoms with Gasteiger partial charge in [-0.15, -0.1) is 0 Å². The highest BCUT2D eigenvalue weighted by Gasteiger charge is 2.15. The van der Waals surface area contributed by atoms with Crippen LogP contribution in [0, 0.1) is 0 Å². The SMILES string of the molecule is COc1ccc(C(N)C(N)CO)cc1Cl. The van der Waals surface area contributed by atoms with Gasteiger partial charge in [0.2, 0.25) is 0 Å². The number of aliphatic hydroxyl groups is 1. The first-order valence-electron chi connectivity index (χ1n) is 4.55. The fourth-order valence-electron chi connectivity index (χ4n) is 1.25. The van der Waals surface area contributed by atoms with Crippen LogP contribution >= 0.6 is 11.6 Å². The number of hydrogen-bond donors (Lipinski definition) is 3. The number of rotatable bonds is 4. The fourth-order valence-corrected chi connectivity index (χ4v) is 1.52. The van der Waals surface area contributed by atoms with Crippen molar-refractivity contribution in [2.45, 2.75) is 12.1 Å². The van der Waals surface area contributed by atoms with Crippen molar-refractivity contribution < 1.29 is 9.84 Å². The van der Waals surface area contributed by atoms with Crippen LogP contribution in [-0.2, 0) is 0 Å². The summed E-state index contributed by atoms with van der Waals surface area (Å²) >= 11 is 5.94. The molecule has 2 atom stereocenters. The molecule has 1 rings (SSSR count). The van der Waals surface area contributed by atoms with Crippen LogP contribution in [0.4, 0.5) is 0 Å². The third-order valence-corrected chi connectivity index (χ3v) is 2.53. The van der Waals surface area contributed by atoms with Gasteiger partial charge in [0.25, 0.3) is 0 Å². The van der Waals surface area contributed by atoms with Gasteiger partial charge in [-0.25, -0.2) is 0 Å². The van der Waals surface area contributed by atoms with E-state index in [0.29, 0.717) is 10.8 Å². The Hall–Kier alpha value is -0.810. The molecule has 0 saturated heterocycles. The van der Waals surface area contributed by atoms with E-state index in [4.69, 9.17) is 32.9 Å². The van der Waals surface area contributed by atoms with E-state index < -0.39 is 12.1 Å². The minimum atomic E-state index is -0.491. The summed E-state index contributed by atoms with van der Waals surface area (Å²) in [5.41, 5.74) is 12.2. The average Bonchev–Trinajstić information content (AvgIpc) is 2.26. The molecule has 84 valence electrons. The standard InChI is InChI=1S/C10H15ClN2O2/c1-15-9-3-2-6(4-7(9)11)10(13)8(12)5-14/h2-4,8,10,14H,5,12-13H2,1H3. The Bertz CT molecular complexity index is 333. The lowest BCUT2D eigenvalue weighted by Gasteiger charge is -2.18. The number of aliphatic hydroxyl groups excluding tert-OH is 1. The number of nitrogens with two attached hydrogens (primary N) is 2. The zero-order valence-corrected chi connectivity index (χ0v) is 9.24. The normalized spacial score (nSPS) is 14.7. The highest BCUT2D eigenvalue weighted by molar-refractivity contribution is 6.32. The zero-order chi connectivity index (χ0) is 11.4. The molecule has 0 aromatic heterocycles. The summed E-state index contributed by atoms with van der Waals surface area (Å²) in [4.78, 5) is 0. The molecule has 0 amide bonds. The van der Waals surface area contributed by atoms with Crippen molar-refractivity contribution in [1.82, 2.24) is 0 Å². The molecule has 5 heteroatoms. The second-order valence-electron chi connectivity index (χ2n) is 3.27. The van der Waals surface area contributed by atoms with Crippen molar-refractivity contribution in [3.63, 3.8) is 0 Å². The summed E-state index contributed by atoms with van der Waals surface area (Å²) < 4.78 is 5.01. The number of benzene rings is 1. The predicted octanol–water partition coefficient (Wildman–Crippen LogP) is 0.668. The van der Waals surface area contributed by atoms with Crippen molar-refractivity contribution >= 4 is 11.6 Å². The van der Waals surface area contributed by atoms with Gasteiger partial charge in [0.05, 0.1) is 18.7 Å². The van der Waals surface area contributed by atoms with Gasteiger partial charge in [0, 0.05) is 12.1 Å². The Kier molecular flexibility index (Phi) is 4.35. The largest absolute Gasteiger partial charge is 0.495 e. The van der Waals surface area contributed by atoms with Gasteiger partial charge in [-0.2, -0.15) is 0 Å². The molecule has 0 aliphatic heterocycles. The van der Waals surface area contributed by atoms with E-state index in [2.05, 4.69) is 0 Å². The molecule has 4 nitrogen and oxygen atoms in total. The van der Waals surface area contributed by atoms with E-state index in [-0.39, 0.29) is 6.61 Å². The molecular weight excluding hydrogens is 216 g/mol. The lowest BCUT2D eigenvalue weighted by molar-refractivity contribution is 0.250. The second kappa shape index (κ2) is 5.32. The van der Waals surface area contributed by atoms with Crippen molar-refractivity contribution in [1.29, 1.82) is 0 Å². The Morgan fingerprint density at radius 1 is 1.47 bits per heavy atom. The van der Waals surface area contributed by atoms with Crippen LogP contribution in [0.3, 0.4) is 0 Å². The monoisotopic (exact) mass is 230 g/mol. The van der Waals surface area contributed by atoms with Crippen molar-refractivity contribution in [2.24, 2.45) is 11.5 Å². The molecule has 0 spiro atoms. The summed E-state index contributed by atoms with van der Waals surface area (Å²) in [6.45, 7) is -0.162. The summed E-state index contributed by atoms with van der Waals surface area (Å²) in [6.07, 6.45) is 0. The van der Waals surface area contributed by atoms with E-state index in [1.165, 1.54) is 0 Å². The van der Waals surface area contributed by atoms with Gasteiger partial charge in [0.1, 0.15) is 5.75 Å². The maximum atomic E-state index is 8.87. The molecule has 1 aromatic carbocycles. The molecular formula is C10H15ClN2O2. The number of hydrogen-bond acceptors (Lipinski definition) is 4. The van der Waals surface area contributed by atoms with E-state index in [1.54, 1.807) is 25.3 Å². The molecule has 0 aliphatic rings. The topological polar surface area (TPSA) is 81.5 Å². The third kappa shape index (κ3) is 2.82. The maximum Gasteiger partial charge on any atom is 0.137 e. The highest BCUT2D eigenvalue weighted by Crippen LogP contribution is 2.27. The molecule has 0 bridgehead atoms. The Balaban J connectivity index is 2.92. The zero-order valence-electron chi connectivity index (χ0n) is 8.48. The third-order valence-electron chi connectivity index (χ3n) is 2.23. The average molecular weight is 231 g/mol. The predicted molar refractivity (Wildman–Crippen MR) is 60.0 cm³/mol. The van der Waals surface area contributed by atoms with Gasteiger partial charge < -0.3 is 21.3 Å². The molecule has 0 radical (unpaired) electrons. The van der Waals surface area contributed by atoms with Crippen LogP contribution in [0.15, 0.2) is 18.2 Å². The molecule has 0 fully saturated rings. The van der Waals surface area contributed by atoms with E-state index in [1.807, 2.05) is 0 Å². The molecule has 1 aromatic rings. The Morgan fingerprint density at radius 3 is 2.60 bits per heavy atom. The van der Waals surface area contributed by atoms with E-state index in [9.17, 15) is 0 Å². The molecule has 0 saturated carbocycles. The maximum absolute atomic E-state index is 8.87. The molecule has 0 aliphatic carbocycles. The number of halogens is 1. The number of ether oxygens (including phenoxy) is 1. The first-order chi connectivity index (χ1) is 7.10. The van der Waals surface area contributed by atoms with E-state index in [0.717, 1.165) is 5.56 Å². The van der Waals surface area contributed by atoms with Gasteiger partial charge in [-0.1, -0.05) is 17.7 Å². The quantitative estimate of drug-likeness (QED) is 0.710. The lowest BCUT2D eigenvalue weighted by atomic mass is 10.0. The second-order valence-corrected chi connectivity index (χ2v) is 3.67. The Labute approximate surface area is 93.8 Å². The van der Waals surface area contributed by atoms with Crippen LogP contribution in [-0.4, -0.2) is 24.9 Å². The fraction of sp³-hybridized carbons (Fsp3) is 0.400. The van der Waals surface area contributed by atoms with Crippen LogP contribution < -0.4 is 16.2 Å². The molecule has 15 heavy (non-hydrogen) atoms. The van der Waals surface area contributed by atoms with Crippen molar-refractivity contribution in [3.8, 4) is 5.75 Å². The summed E-state index contributed by atoms with van der Waals surface area (Å²) in [7, 11) is 1.54. The Morgan fingerprint density at radius 2 is 2.13 bits per heavy atom. The van der Waals surface area contributed by atoms with E-state index >= 15 is 0 Å².